The number of nitrogens with zero attached hydrogens (tertiary/aromatic N) is 1. The lowest BCUT2D eigenvalue weighted by Gasteiger charge is -2.12. The normalized spacial score (nSPS) is 14.3. The molecule has 0 bridgehead atoms. The summed E-state index contributed by atoms with van der Waals surface area (Å²) in [5.74, 6) is 0. The Morgan fingerprint density at radius 3 is 2.33 bits per heavy atom. The third-order valence-electron chi connectivity index (χ3n) is 1.18. The van der Waals surface area contributed by atoms with Gasteiger partial charge in [-0.2, -0.15) is 0 Å². The van der Waals surface area contributed by atoms with Crippen LogP contribution < -0.4 is 0 Å². The van der Waals surface area contributed by atoms with E-state index in [2.05, 4.69) is 0 Å². The van der Waals surface area contributed by atoms with Gasteiger partial charge in [-0.25, -0.2) is 5.11 Å². The lowest BCUT2D eigenvalue weighted by atomic mass is 10.2. The Morgan fingerprint density at radius 1 is 1.44 bits per heavy atom. The van der Waals surface area contributed by atoms with Gasteiger partial charge in [0, 0.05) is 6.54 Å². The lowest BCUT2D eigenvalue weighted by molar-refractivity contribution is 0.0573. The Hall–Kier alpha value is -0.0800. The summed E-state index contributed by atoms with van der Waals surface area (Å²) >= 11 is 0. The summed E-state index contributed by atoms with van der Waals surface area (Å²) in [5.41, 5.74) is 0. The van der Waals surface area contributed by atoms with Crippen molar-refractivity contribution in [3.8, 4) is 0 Å². The lowest BCUT2D eigenvalue weighted by Crippen LogP contribution is -2.24. The molecule has 0 N–H and O–H groups in total. The predicted octanol–water partition coefficient (Wildman–Crippen LogP) is 1.15. The van der Waals surface area contributed by atoms with Crippen LogP contribution in [-0.4, -0.2) is 31.6 Å². The first-order valence-electron chi connectivity index (χ1n) is 3.47. The van der Waals surface area contributed by atoms with Crippen LogP contribution in [0.4, 0.5) is 0 Å². The average Bonchev–Trinajstić information content (AvgIpc) is 1.63. The molecule has 0 amide bonds. The van der Waals surface area contributed by atoms with Gasteiger partial charge in [0.25, 0.3) is 0 Å². The maximum atomic E-state index is 10.9. The van der Waals surface area contributed by atoms with Crippen LogP contribution >= 0.6 is 0 Å². The molecule has 0 heterocycles. The average molecular weight is 130 g/mol. The molecule has 0 rings (SSSR count). The minimum Gasteiger partial charge on any atom is -0.307 e. The second-order valence-corrected chi connectivity index (χ2v) is 2.67. The Morgan fingerprint density at radius 2 is 2.00 bits per heavy atom. The highest BCUT2D eigenvalue weighted by atomic mass is 16.3. The third-order valence-corrected chi connectivity index (χ3v) is 1.18. The first-order valence-corrected chi connectivity index (χ1v) is 3.47. The van der Waals surface area contributed by atoms with Gasteiger partial charge < -0.3 is 4.90 Å². The molecule has 2 nitrogen and oxygen atoms in total. The van der Waals surface area contributed by atoms with Crippen LogP contribution in [0.25, 0.3) is 0 Å². The molecule has 0 saturated carbocycles. The van der Waals surface area contributed by atoms with E-state index in [9.17, 15) is 5.11 Å². The Kier molecular flexibility index (Phi) is 4.72. The Bertz CT molecular complexity index is 63.9. The Balaban J connectivity index is 3.15. The molecule has 1 unspecified atom stereocenters. The van der Waals surface area contributed by atoms with Gasteiger partial charge in [-0.05, 0) is 20.5 Å². The molecular formula is C7H16NO. The second kappa shape index (κ2) is 4.77. The highest BCUT2D eigenvalue weighted by Gasteiger charge is 2.04. The summed E-state index contributed by atoms with van der Waals surface area (Å²) in [4.78, 5) is 1.94. The van der Waals surface area contributed by atoms with E-state index in [0.29, 0.717) is 6.54 Å². The Labute approximate surface area is 57.5 Å². The van der Waals surface area contributed by atoms with Crippen molar-refractivity contribution in [3.05, 3.63) is 0 Å². The largest absolute Gasteiger partial charge is 0.307 e. The zero-order chi connectivity index (χ0) is 7.28. The van der Waals surface area contributed by atoms with Crippen LogP contribution in [0.1, 0.15) is 19.8 Å². The van der Waals surface area contributed by atoms with Gasteiger partial charge in [0.1, 0.15) is 6.10 Å². The zero-order valence-electron chi connectivity index (χ0n) is 6.55. The van der Waals surface area contributed by atoms with E-state index in [-0.39, 0.29) is 6.10 Å². The predicted molar refractivity (Wildman–Crippen MR) is 37.9 cm³/mol. The molecule has 55 valence electrons. The molecule has 0 fully saturated rings. The molecule has 0 aliphatic rings. The van der Waals surface area contributed by atoms with Crippen molar-refractivity contribution in [2.75, 3.05) is 20.6 Å². The van der Waals surface area contributed by atoms with Gasteiger partial charge in [-0.1, -0.05) is 13.3 Å². The van der Waals surface area contributed by atoms with Gasteiger partial charge in [0.2, 0.25) is 0 Å². The van der Waals surface area contributed by atoms with Crippen molar-refractivity contribution >= 4 is 0 Å². The molecule has 1 atom stereocenters. The van der Waals surface area contributed by atoms with E-state index >= 15 is 0 Å². The highest BCUT2D eigenvalue weighted by Crippen LogP contribution is 1.96. The molecule has 0 aliphatic carbocycles. The van der Waals surface area contributed by atoms with Crippen LogP contribution in [-0.2, 0) is 5.11 Å². The summed E-state index contributed by atoms with van der Waals surface area (Å²) in [6, 6.07) is 0. The van der Waals surface area contributed by atoms with E-state index in [1.807, 2.05) is 25.9 Å². The number of hydrogen-bond donors (Lipinski definition) is 0. The monoisotopic (exact) mass is 130 g/mol. The standard InChI is InChI=1S/C7H16NO/c1-4-5-7(9)6-8(2)3/h7H,4-6H2,1-3H3. The van der Waals surface area contributed by atoms with E-state index in [1.54, 1.807) is 0 Å². The van der Waals surface area contributed by atoms with E-state index in [0.717, 1.165) is 12.8 Å². The maximum Gasteiger partial charge on any atom is 0.106 e. The van der Waals surface area contributed by atoms with Crippen molar-refractivity contribution in [2.24, 2.45) is 0 Å². The van der Waals surface area contributed by atoms with Crippen molar-refractivity contribution in [3.63, 3.8) is 0 Å². The number of likely N-dealkylation sites (N-methyl/N-ethyl adjacent to an activating group) is 1. The highest BCUT2D eigenvalue weighted by molar-refractivity contribution is 4.56. The molecule has 0 aromatic rings. The van der Waals surface area contributed by atoms with Gasteiger partial charge in [0.15, 0.2) is 0 Å². The molecule has 9 heavy (non-hydrogen) atoms. The smallest absolute Gasteiger partial charge is 0.106 e. The van der Waals surface area contributed by atoms with E-state index in [4.69, 9.17) is 0 Å². The molecule has 0 aromatic carbocycles. The molecular weight excluding hydrogens is 114 g/mol. The van der Waals surface area contributed by atoms with Crippen molar-refractivity contribution in [2.45, 2.75) is 25.9 Å². The van der Waals surface area contributed by atoms with Crippen molar-refractivity contribution < 1.29 is 5.11 Å². The van der Waals surface area contributed by atoms with Crippen LogP contribution in [0.15, 0.2) is 0 Å². The minimum absolute atomic E-state index is 0.384. The summed E-state index contributed by atoms with van der Waals surface area (Å²) in [5, 5.41) is 10.9. The molecule has 0 spiro atoms. The molecule has 2 heteroatoms. The first kappa shape index (κ1) is 8.92. The fourth-order valence-corrected chi connectivity index (χ4v) is 0.821. The second-order valence-electron chi connectivity index (χ2n) is 2.67. The fraction of sp³-hybridized carbons (Fsp3) is 1.00. The summed E-state index contributed by atoms with van der Waals surface area (Å²) in [6.07, 6.45) is 1.42. The first-order chi connectivity index (χ1) is 4.16. The third kappa shape index (κ3) is 5.80. The van der Waals surface area contributed by atoms with Crippen LogP contribution in [0.3, 0.4) is 0 Å². The maximum absolute atomic E-state index is 10.9. The quantitative estimate of drug-likeness (QED) is 0.560. The topological polar surface area (TPSA) is 23.1 Å². The van der Waals surface area contributed by atoms with Gasteiger partial charge in [-0.3, -0.25) is 0 Å². The van der Waals surface area contributed by atoms with Gasteiger partial charge >= 0.3 is 0 Å². The van der Waals surface area contributed by atoms with Crippen molar-refractivity contribution in [1.29, 1.82) is 0 Å². The molecule has 0 aliphatic heterocycles. The number of hydrogen-bond acceptors (Lipinski definition) is 1. The van der Waals surface area contributed by atoms with Crippen LogP contribution in [0.5, 0.6) is 0 Å². The molecule has 1 radical (unpaired) electrons. The number of rotatable bonds is 4. The van der Waals surface area contributed by atoms with Gasteiger partial charge in [0.05, 0.1) is 0 Å². The summed E-state index contributed by atoms with van der Waals surface area (Å²) in [6.45, 7) is 2.72. The summed E-state index contributed by atoms with van der Waals surface area (Å²) < 4.78 is 0. The minimum atomic E-state index is -0.384. The van der Waals surface area contributed by atoms with Crippen LogP contribution in [0, 0.1) is 0 Å². The molecule has 0 aromatic heterocycles. The van der Waals surface area contributed by atoms with E-state index in [1.165, 1.54) is 0 Å². The summed E-state index contributed by atoms with van der Waals surface area (Å²) in [7, 11) is 3.86. The SMILES string of the molecule is CCCC([O])CN(C)C. The fourth-order valence-electron chi connectivity index (χ4n) is 0.821. The van der Waals surface area contributed by atoms with E-state index < -0.39 is 0 Å². The molecule has 0 saturated heterocycles. The van der Waals surface area contributed by atoms with Crippen LogP contribution in [0.2, 0.25) is 0 Å². The zero-order valence-corrected chi connectivity index (χ0v) is 6.55. The van der Waals surface area contributed by atoms with Crippen molar-refractivity contribution in [1.82, 2.24) is 4.90 Å². The van der Waals surface area contributed by atoms with Gasteiger partial charge in [-0.15, -0.1) is 0 Å².